The maximum Gasteiger partial charge on any atom is 0.242 e. The van der Waals surface area contributed by atoms with Crippen LogP contribution in [0.4, 0.5) is 5.69 Å². The number of anilines is 1. The van der Waals surface area contributed by atoms with E-state index in [2.05, 4.69) is 4.72 Å². The van der Waals surface area contributed by atoms with E-state index in [-0.39, 0.29) is 27.2 Å². The Kier molecular flexibility index (Phi) is 5.69. The third-order valence-corrected chi connectivity index (χ3v) is 5.58. The Morgan fingerprint density at radius 1 is 1.30 bits per heavy atom. The van der Waals surface area contributed by atoms with Crippen molar-refractivity contribution in [3.63, 3.8) is 0 Å². The van der Waals surface area contributed by atoms with Crippen LogP contribution in [0.25, 0.3) is 0 Å². The number of halogens is 2. The second-order valence-electron chi connectivity index (χ2n) is 4.53. The van der Waals surface area contributed by atoms with Gasteiger partial charge in [-0.15, -0.1) is 0 Å². The first kappa shape index (κ1) is 17.5. The van der Waals surface area contributed by atoms with E-state index in [1.807, 2.05) is 0 Å². The van der Waals surface area contributed by atoms with Crippen LogP contribution in [0.2, 0.25) is 10.0 Å². The van der Waals surface area contributed by atoms with Gasteiger partial charge in [0.2, 0.25) is 10.0 Å². The van der Waals surface area contributed by atoms with Crippen LogP contribution in [-0.2, 0) is 10.0 Å². The molecular weight excluding hydrogens is 323 g/mol. The molecule has 0 aromatic heterocycles. The molecule has 0 aliphatic rings. The second-order valence-corrected chi connectivity index (χ2v) is 7.05. The van der Waals surface area contributed by atoms with E-state index in [1.54, 1.807) is 13.8 Å². The number of sulfonamides is 1. The number of aliphatic hydroxyl groups is 1. The van der Waals surface area contributed by atoms with Crippen molar-refractivity contribution in [1.29, 1.82) is 0 Å². The van der Waals surface area contributed by atoms with E-state index >= 15 is 0 Å². The maximum atomic E-state index is 12.2. The fourth-order valence-corrected chi connectivity index (χ4v) is 3.45. The van der Waals surface area contributed by atoms with Gasteiger partial charge in [0.15, 0.2) is 0 Å². The lowest BCUT2D eigenvalue weighted by atomic mass is 9.98. The van der Waals surface area contributed by atoms with Gasteiger partial charge in [0.25, 0.3) is 0 Å². The summed E-state index contributed by atoms with van der Waals surface area (Å²) in [6, 6.07) is 2.64. The van der Waals surface area contributed by atoms with Gasteiger partial charge < -0.3 is 10.8 Å². The Labute approximate surface area is 129 Å². The van der Waals surface area contributed by atoms with Gasteiger partial charge in [-0.3, -0.25) is 0 Å². The smallest absolute Gasteiger partial charge is 0.242 e. The lowest BCUT2D eigenvalue weighted by Gasteiger charge is -2.25. The number of nitrogens with two attached hydrogens (primary N) is 1. The summed E-state index contributed by atoms with van der Waals surface area (Å²) in [5, 5.41) is 10.2. The quantitative estimate of drug-likeness (QED) is 0.693. The van der Waals surface area contributed by atoms with Crippen LogP contribution in [0.15, 0.2) is 17.0 Å². The summed E-state index contributed by atoms with van der Waals surface area (Å²) in [5.74, 6) is 0. The molecule has 0 heterocycles. The van der Waals surface area contributed by atoms with Crippen molar-refractivity contribution < 1.29 is 13.5 Å². The van der Waals surface area contributed by atoms with Gasteiger partial charge >= 0.3 is 0 Å². The molecule has 0 bridgehead atoms. The Balaban J connectivity index is 3.04. The van der Waals surface area contributed by atoms with E-state index in [9.17, 15) is 13.5 Å². The highest BCUT2D eigenvalue weighted by Gasteiger charge is 2.27. The van der Waals surface area contributed by atoms with Gasteiger partial charge in [-0.25, -0.2) is 13.1 Å². The highest BCUT2D eigenvalue weighted by atomic mass is 35.5. The van der Waals surface area contributed by atoms with Gasteiger partial charge in [-0.2, -0.15) is 0 Å². The highest BCUT2D eigenvalue weighted by Crippen LogP contribution is 2.33. The first-order valence-corrected chi connectivity index (χ1v) is 8.36. The van der Waals surface area contributed by atoms with E-state index in [0.29, 0.717) is 12.8 Å². The van der Waals surface area contributed by atoms with Crippen LogP contribution in [-0.4, -0.2) is 25.7 Å². The molecule has 0 radical (unpaired) electrons. The lowest BCUT2D eigenvalue weighted by molar-refractivity contribution is 0.0377. The third kappa shape index (κ3) is 3.77. The first-order chi connectivity index (χ1) is 9.17. The predicted octanol–water partition coefficient (Wildman–Crippen LogP) is 2.41. The zero-order chi connectivity index (χ0) is 15.6. The Morgan fingerprint density at radius 3 is 2.35 bits per heavy atom. The van der Waals surface area contributed by atoms with Crippen molar-refractivity contribution in [3.05, 3.63) is 22.2 Å². The van der Waals surface area contributed by atoms with Crippen molar-refractivity contribution in [1.82, 2.24) is 4.72 Å². The second kappa shape index (κ2) is 6.49. The van der Waals surface area contributed by atoms with Crippen molar-refractivity contribution >= 4 is 38.9 Å². The van der Waals surface area contributed by atoms with E-state index in [4.69, 9.17) is 28.9 Å². The lowest BCUT2D eigenvalue weighted by Crippen LogP contribution is -2.42. The number of nitrogens with one attached hydrogen (secondary N) is 1. The minimum absolute atomic E-state index is 0.0115. The van der Waals surface area contributed by atoms with Crippen LogP contribution < -0.4 is 10.5 Å². The zero-order valence-corrected chi connectivity index (χ0v) is 13.6. The molecule has 0 spiro atoms. The Bertz CT molecular complexity index is 587. The summed E-state index contributed by atoms with van der Waals surface area (Å²) in [4.78, 5) is -0.157. The topological polar surface area (TPSA) is 92.4 Å². The average molecular weight is 341 g/mol. The summed E-state index contributed by atoms with van der Waals surface area (Å²) in [6.07, 6.45) is 0.866. The SMILES string of the molecule is CCC(O)(CC)CNS(=O)(=O)c1ccc(Cl)c(N)c1Cl. The largest absolute Gasteiger partial charge is 0.396 e. The molecule has 0 amide bonds. The Morgan fingerprint density at radius 2 is 1.85 bits per heavy atom. The summed E-state index contributed by atoms with van der Waals surface area (Å²) in [7, 11) is -3.86. The molecule has 0 atom stereocenters. The van der Waals surface area contributed by atoms with Crippen molar-refractivity contribution in [2.24, 2.45) is 0 Å². The molecule has 0 aliphatic carbocycles. The zero-order valence-electron chi connectivity index (χ0n) is 11.3. The molecule has 20 heavy (non-hydrogen) atoms. The van der Waals surface area contributed by atoms with Crippen LogP contribution in [0.1, 0.15) is 26.7 Å². The standard InChI is InChI=1S/C12H18Cl2N2O3S/c1-3-12(17,4-2)7-16-20(18,19)9-6-5-8(13)11(15)10(9)14/h5-6,16-17H,3-4,7,15H2,1-2H3. The average Bonchev–Trinajstić information content (AvgIpc) is 2.42. The summed E-state index contributed by atoms with van der Waals surface area (Å²) in [5.41, 5.74) is 4.53. The maximum absolute atomic E-state index is 12.2. The molecule has 0 unspecified atom stereocenters. The molecule has 0 saturated carbocycles. The number of nitrogen functional groups attached to an aromatic ring is 1. The van der Waals surface area contributed by atoms with E-state index in [0.717, 1.165) is 0 Å². The van der Waals surface area contributed by atoms with Gasteiger partial charge in [-0.05, 0) is 25.0 Å². The number of rotatable bonds is 6. The highest BCUT2D eigenvalue weighted by molar-refractivity contribution is 7.89. The molecule has 1 rings (SSSR count). The van der Waals surface area contributed by atoms with Crippen LogP contribution in [0, 0.1) is 0 Å². The normalized spacial score (nSPS) is 12.7. The Hall–Kier alpha value is -0.530. The molecule has 1 aromatic carbocycles. The summed E-state index contributed by atoms with van der Waals surface area (Å²) in [6.45, 7) is 3.47. The minimum atomic E-state index is -3.86. The predicted molar refractivity (Wildman–Crippen MR) is 81.6 cm³/mol. The fraction of sp³-hybridized carbons (Fsp3) is 0.500. The van der Waals surface area contributed by atoms with E-state index < -0.39 is 15.6 Å². The molecule has 5 nitrogen and oxygen atoms in total. The monoisotopic (exact) mass is 340 g/mol. The van der Waals surface area contributed by atoms with Crippen molar-refractivity contribution in [2.75, 3.05) is 12.3 Å². The van der Waals surface area contributed by atoms with Gasteiger partial charge in [0.1, 0.15) is 4.90 Å². The first-order valence-electron chi connectivity index (χ1n) is 6.12. The summed E-state index contributed by atoms with van der Waals surface area (Å²) < 4.78 is 26.7. The molecule has 4 N–H and O–H groups in total. The van der Waals surface area contributed by atoms with Crippen LogP contribution in [0.5, 0.6) is 0 Å². The molecule has 0 fully saturated rings. The van der Waals surface area contributed by atoms with Gasteiger partial charge in [0.05, 0.1) is 21.3 Å². The molecule has 114 valence electrons. The molecule has 1 aromatic rings. The molecular formula is C12H18Cl2N2O3S. The van der Waals surface area contributed by atoms with Gasteiger partial charge in [-0.1, -0.05) is 37.0 Å². The van der Waals surface area contributed by atoms with Crippen LogP contribution in [0.3, 0.4) is 0 Å². The van der Waals surface area contributed by atoms with E-state index in [1.165, 1.54) is 12.1 Å². The third-order valence-electron chi connectivity index (χ3n) is 3.29. The van der Waals surface area contributed by atoms with Crippen molar-refractivity contribution in [2.45, 2.75) is 37.2 Å². The van der Waals surface area contributed by atoms with Crippen LogP contribution >= 0.6 is 23.2 Å². The molecule has 8 heteroatoms. The number of hydrogen-bond donors (Lipinski definition) is 3. The summed E-state index contributed by atoms with van der Waals surface area (Å²) >= 11 is 11.7. The molecule has 0 aliphatic heterocycles. The molecule has 0 saturated heterocycles. The van der Waals surface area contributed by atoms with Crippen molar-refractivity contribution in [3.8, 4) is 0 Å². The number of hydrogen-bond acceptors (Lipinski definition) is 4. The fourth-order valence-electron chi connectivity index (χ4n) is 1.56. The minimum Gasteiger partial charge on any atom is -0.396 e. The van der Waals surface area contributed by atoms with Gasteiger partial charge in [0, 0.05) is 6.54 Å². The number of benzene rings is 1.